The summed E-state index contributed by atoms with van der Waals surface area (Å²) in [6.07, 6.45) is 1.74. The molecule has 0 aromatic heterocycles. The zero-order chi connectivity index (χ0) is 14.7. The lowest BCUT2D eigenvalue weighted by molar-refractivity contribution is -0.125. The molecule has 1 heterocycles. The molecule has 1 N–H and O–H groups in total. The second-order valence-corrected chi connectivity index (χ2v) is 5.58. The fourth-order valence-corrected chi connectivity index (χ4v) is 2.86. The number of carbonyl (C=O) groups is 2. The SMILES string of the molecule is CNC(=O)[C@H]1CCCN(C(=O)c2cc(C)cc(C)c2)C1. The summed E-state index contributed by atoms with van der Waals surface area (Å²) in [6.45, 7) is 5.24. The summed E-state index contributed by atoms with van der Waals surface area (Å²) in [4.78, 5) is 26.1. The van der Waals surface area contributed by atoms with Crippen molar-refractivity contribution < 1.29 is 9.59 Å². The molecule has 2 amide bonds. The molecule has 1 saturated heterocycles. The average Bonchev–Trinajstić information content (AvgIpc) is 2.44. The van der Waals surface area contributed by atoms with Gasteiger partial charge >= 0.3 is 0 Å². The number of nitrogens with zero attached hydrogens (tertiary/aromatic N) is 1. The fourth-order valence-electron chi connectivity index (χ4n) is 2.86. The quantitative estimate of drug-likeness (QED) is 0.895. The molecule has 0 bridgehead atoms. The van der Waals surface area contributed by atoms with E-state index in [1.165, 1.54) is 0 Å². The van der Waals surface area contributed by atoms with Gasteiger partial charge in [0, 0.05) is 25.7 Å². The zero-order valence-electron chi connectivity index (χ0n) is 12.4. The molecule has 1 aliphatic rings. The number of rotatable bonds is 2. The maximum absolute atomic E-state index is 12.6. The third-order valence-corrected chi connectivity index (χ3v) is 3.79. The minimum absolute atomic E-state index is 0.0305. The average molecular weight is 274 g/mol. The molecule has 0 unspecified atom stereocenters. The molecule has 4 heteroatoms. The number of nitrogens with one attached hydrogen (secondary N) is 1. The second kappa shape index (κ2) is 6.07. The van der Waals surface area contributed by atoms with Gasteiger partial charge in [-0.3, -0.25) is 9.59 Å². The van der Waals surface area contributed by atoms with Crippen molar-refractivity contribution >= 4 is 11.8 Å². The monoisotopic (exact) mass is 274 g/mol. The highest BCUT2D eigenvalue weighted by Gasteiger charge is 2.28. The van der Waals surface area contributed by atoms with Gasteiger partial charge in [-0.25, -0.2) is 0 Å². The standard InChI is InChI=1S/C16H22N2O2/c1-11-7-12(2)9-14(8-11)16(20)18-6-4-5-13(10-18)15(19)17-3/h7-9,13H,4-6,10H2,1-3H3,(H,17,19)/t13-/m0/s1. The summed E-state index contributed by atoms with van der Waals surface area (Å²) in [6, 6.07) is 5.89. The number of hydrogen-bond acceptors (Lipinski definition) is 2. The Hall–Kier alpha value is -1.84. The highest BCUT2D eigenvalue weighted by atomic mass is 16.2. The molecule has 2 rings (SSSR count). The van der Waals surface area contributed by atoms with E-state index in [0.29, 0.717) is 6.54 Å². The van der Waals surface area contributed by atoms with E-state index in [0.717, 1.165) is 36.1 Å². The van der Waals surface area contributed by atoms with Crippen molar-refractivity contribution in [1.82, 2.24) is 10.2 Å². The van der Waals surface area contributed by atoms with Crippen molar-refractivity contribution in [3.05, 3.63) is 34.9 Å². The number of likely N-dealkylation sites (tertiary alicyclic amines) is 1. The number of amides is 2. The number of aryl methyl sites for hydroxylation is 2. The van der Waals surface area contributed by atoms with Crippen molar-refractivity contribution in [2.24, 2.45) is 5.92 Å². The lowest BCUT2D eigenvalue weighted by Gasteiger charge is -2.32. The first-order valence-electron chi connectivity index (χ1n) is 7.10. The van der Waals surface area contributed by atoms with Crippen molar-refractivity contribution in [1.29, 1.82) is 0 Å². The van der Waals surface area contributed by atoms with Crippen LogP contribution in [0.5, 0.6) is 0 Å². The van der Waals surface area contributed by atoms with E-state index in [1.54, 1.807) is 11.9 Å². The summed E-state index contributed by atoms with van der Waals surface area (Å²) in [7, 11) is 1.65. The van der Waals surface area contributed by atoms with Crippen LogP contribution in [-0.2, 0) is 4.79 Å². The van der Waals surface area contributed by atoms with E-state index >= 15 is 0 Å². The molecular weight excluding hydrogens is 252 g/mol. The van der Waals surface area contributed by atoms with E-state index in [4.69, 9.17) is 0 Å². The Kier molecular flexibility index (Phi) is 4.42. The summed E-state index contributed by atoms with van der Waals surface area (Å²) in [5.41, 5.74) is 2.90. The Labute approximate surface area is 120 Å². The molecule has 0 aliphatic carbocycles. The van der Waals surface area contributed by atoms with Crippen molar-refractivity contribution in [2.75, 3.05) is 20.1 Å². The summed E-state index contributed by atoms with van der Waals surface area (Å²) < 4.78 is 0. The van der Waals surface area contributed by atoms with E-state index in [-0.39, 0.29) is 17.7 Å². The van der Waals surface area contributed by atoms with Crippen LogP contribution in [0.2, 0.25) is 0 Å². The van der Waals surface area contributed by atoms with Gasteiger partial charge in [-0.05, 0) is 38.8 Å². The van der Waals surface area contributed by atoms with Crippen LogP contribution in [0.15, 0.2) is 18.2 Å². The molecule has 1 atom stereocenters. The number of benzene rings is 1. The molecular formula is C16H22N2O2. The molecule has 108 valence electrons. The predicted octanol–water partition coefficient (Wildman–Crippen LogP) is 1.90. The number of carbonyl (C=O) groups excluding carboxylic acids is 2. The molecule has 0 spiro atoms. The molecule has 0 radical (unpaired) electrons. The Balaban J connectivity index is 2.14. The van der Waals surface area contributed by atoms with Gasteiger partial charge in [0.1, 0.15) is 0 Å². The van der Waals surface area contributed by atoms with Crippen molar-refractivity contribution in [2.45, 2.75) is 26.7 Å². The Bertz CT molecular complexity index is 505. The van der Waals surface area contributed by atoms with Gasteiger partial charge < -0.3 is 10.2 Å². The number of hydrogen-bond donors (Lipinski definition) is 1. The normalized spacial score (nSPS) is 18.8. The molecule has 20 heavy (non-hydrogen) atoms. The van der Waals surface area contributed by atoms with Crippen molar-refractivity contribution in [3.63, 3.8) is 0 Å². The van der Waals surface area contributed by atoms with Crippen LogP contribution < -0.4 is 5.32 Å². The molecule has 1 aliphatic heterocycles. The van der Waals surface area contributed by atoms with E-state index in [9.17, 15) is 9.59 Å². The van der Waals surface area contributed by atoms with Crippen LogP contribution >= 0.6 is 0 Å². The topological polar surface area (TPSA) is 49.4 Å². The Morgan fingerprint density at radius 2 is 1.85 bits per heavy atom. The molecule has 0 saturated carbocycles. The second-order valence-electron chi connectivity index (χ2n) is 5.58. The molecule has 4 nitrogen and oxygen atoms in total. The highest BCUT2D eigenvalue weighted by Crippen LogP contribution is 2.20. The van der Waals surface area contributed by atoms with Gasteiger partial charge in [0.05, 0.1) is 5.92 Å². The van der Waals surface area contributed by atoms with Crippen LogP contribution in [0.1, 0.15) is 34.3 Å². The largest absolute Gasteiger partial charge is 0.359 e. The third kappa shape index (κ3) is 3.18. The van der Waals surface area contributed by atoms with Gasteiger partial charge in [-0.15, -0.1) is 0 Å². The maximum Gasteiger partial charge on any atom is 0.253 e. The highest BCUT2D eigenvalue weighted by molar-refractivity contribution is 5.95. The lowest BCUT2D eigenvalue weighted by atomic mass is 9.96. The minimum atomic E-state index is -0.0800. The first-order chi connectivity index (χ1) is 9.51. The molecule has 1 aromatic carbocycles. The van der Waals surface area contributed by atoms with Gasteiger partial charge in [0.2, 0.25) is 5.91 Å². The van der Waals surface area contributed by atoms with E-state index in [1.807, 2.05) is 26.0 Å². The minimum Gasteiger partial charge on any atom is -0.359 e. The number of piperidine rings is 1. The first-order valence-corrected chi connectivity index (χ1v) is 7.10. The summed E-state index contributed by atoms with van der Waals surface area (Å²) in [5, 5.41) is 2.68. The van der Waals surface area contributed by atoms with Crippen LogP contribution in [0.4, 0.5) is 0 Å². The molecule has 1 fully saturated rings. The summed E-state index contributed by atoms with van der Waals surface area (Å²) >= 11 is 0. The van der Waals surface area contributed by atoms with Gasteiger partial charge in [0.25, 0.3) is 5.91 Å². The smallest absolute Gasteiger partial charge is 0.253 e. The first kappa shape index (κ1) is 14.6. The molecule has 1 aromatic rings. The Morgan fingerprint density at radius 1 is 1.20 bits per heavy atom. The van der Waals surface area contributed by atoms with Crippen LogP contribution in [0, 0.1) is 19.8 Å². The summed E-state index contributed by atoms with van der Waals surface area (Å²) in [5.74, 6) is -0.0167. The Morgan fingerprint density at radius 3 is 2.45 bits per heavy atom. The maximum atomic E-state index is 12.6. The van der Waals surface area contributed by atoms with E-state index < -0.39 is 0 Å². The third-order valence-electron chi connectivity index (χ3n) is 3.79. The van der Waals surface area contributed by atoms with Gasteiger partial charge in [-0.2, -0.15) is 0 Å². The van der Waals surface area contributed by atoms with Crippen molar-refractivity contribution in [3.8, 4) is 0 Å². The lowest BCUT2D eigenvalue weighted by Crippen LogP contribution is -2.44. The van der Waals surface area contributed by atoms with Crippen LogP contribution in [0.3, 0.4) is 0 Å². The van der Waals surface area contributed by atoms with Gasteiger partial charge in [0.15, 0.2) is 0 Å². The van der Waals surface area contributed by atoms with Gasteiger partial charge in [-0.1, -0.05) is 17.2 Å². The predicted molar refractivity (Wildman–Crippen MR) is 78.6 cm³/mol. The zero-order valence-corrected chi connectivity index (χ0v) is 12.4. The fraction of sp³-hybridized carbons (Fsp3) is 0.500. The van der Waals surface area contributed by atoms with Crippen LogP contribution in [0.25, 0.3) is 0 Å². The van der Waals surface area contributed by atoms with Crippen LogP contribution in [-0.4, -0.2) is 36.9 Å². The van der Waals surface area contributed by atoms with E-state index in [2.05, 4.69) is 11.4 Å².